The fourth-order valence-corrected chi connectivity index (χ4v) is 4.44. The molecule has 0 spiro atoms. The highest BCUT2D eigenvalue weighted by atomic mass is 79.9. The molecule has 2 aromatic heterocycles. The van der Waals surface area contributed by atoms with Gasteiger partial charge in [-0.2, -0.15) is 0 Å². The van der Waals surface area contributed by atoms with Gasteiger partial charge in [0.05, 0.1) is 5.69 Å². The average molecular weight is 486 g/mol. The number of aromatic nitrogens is 2. The molecular weight excluding hydrogens is 470 g/mol. The molecule has 0 atom stereocenters. The third-order valence-corrected chi connectivity index (χ3v) is 6.21. The fourth-order valence-electron chi connectivity index (χ4n) is 2.56. The van der Waals surface area contributed by atoms with E-state index in [4.69, 9.17) is 4.74 Å². The van der Waals surface area contributed by atoms with Crippen LogP contribution >= 0.6 is 38.6 Å². The van der Waals surface area contributed by atoms with Crippen molar-refractivity contribution in [2.45, 2.75) is 13.2 Å². The summed E-state index contributed by atoms with van der Waals surface area (Å²) in [5.74, 6) is -0.453. The molecule has 0 aliphatic heterocycles. The Balaban J connectivity index is 1.32. The van der Waals surface area contributed by atoms with Gasteiger partial charge in [-0.1, -0.05) is 58.4 Å². The molecule has 4 rings (SSSR count). The number of hydrogen-bond acceptors (Lipinski definition) is 7. The van der Waals surface area contributed by atoms with E-state index in [9.17, 15) is 4.79 Å². The average Bonchev–Trinajstić information content (AvgIpc) is 3.41. The summed E-state index contributed by atoms with van der Waals surface area (Å²) in [5, 5.41) is 8.39. The van der Waals surface area contributed by atoms with Crippen molar-refractivity contribution in [1.29, 1.82) is 0 Å². The molecule has 4 aromatic rings. The van der Waals surface area contributed by atoms with Gasteiger partial charge in [-0.15, -0.1) is 22.7 Å². The molecule has 0 saturated carbocycles. The van der Waals surface area contributed by atoms with Crippen molar-refractivity contribution in [2.75, 3.05) is 5.32 Å². The van der Waals surface area contributed by atoms with Crippen molar-refractivity contribution in [3.8, 4) is 10.6 Å². The van der Waals surface area contributed by atoms with Gasteiger partial charge in [0.1, 0.15) is 11.6 Å². The van der Waals surface area contributed by atoms with Crippen LogP contribution in [0.4, 0.5) is 5.13 Å². The highest BCUT2D eigenvalue weighted by molar-refractivity contribution is 9.10. The standard InChI is InChI=1S/C21H16BrN3O2S2/c22-16-8-4-7-15(9-16)19-24-17(12-28-19)11-27-20(26)18-13-29-21(25-18)23-10-14-5-2-1-3-6-14/h1-9,12-13H,10-11H2,(H,23,25). The SMILES string of the molecule is O=C(OCc1csc(-c2cccc(Br)c2)n1)c1csc(NCc2ccccc2)n1. The second kappa shape index (κ2) is 9.30. The predicted molar refractivity (Wildman–Crippen MR) is 120 cm³/mol. The Bertz CT molecular complexity index is 1110. The Morgan fingerprint density at radius 1 is 1.03 bits per heavy atom. The molecule has 8 heteroatoms. The Hall–Kier alpha value is -2.55. The van der Waals surface area contributed by atoms with Gasteiger partial charge in [-0.25, -0.2) is 14.8 Å². The summed E-state index contributed by atoms with van der Waals surface area (Å²) < 4.78 is 6.37. The largest absolute Gasteiger partial charge is 0.454 e. The number of esters is 1. The van der Waals surface area contributed by atoms with E-state index in [2.05, 4.69) is 31.2 Å². The molecule has 0 radical (unpaired) electrons. The first kappa shape index (κ1) is 19.8. The van der Waals surface area contributed by atoms with Crippen molar-refractivity contribution in [2.24, 2.45) is 0 Å². The first-order chi connectivity index (χ1) is 14.2. The van der Waals surface area contributed by atoms with E-state index in [0.717, 1.165) is 26.3 Å². The molecule has 0 amide bonds. The lowest BCUT2D eigenvalue weighted by atomic mass is 10.2. The summed E-state index contributed by atoms with van der Waals surface area (Å²) >= 11 is 6.37. The molecule has 5 nitrogen and oxygen atoms in total. The molecule has 0 fully saturated rings. The summed E-state index contributed by atoms with van der Waals surface area (Å²) in [5.41, 5.74) is 3.19. The number of nitrogens with zero attached hydrogens (tertiary/aromatic N) is 2. The van der Waals surface area contributed by atoms with Gasteiger partial charge in [-0.3, -0.25) is 0 Å². The second-order valence-corrected chi connectivity index (χ2v) is 8.74. The maximum Gasteiger partial charge on any atom is 0.358 e. The second-order valence-electron chi connectivity index (χ2n) is 6.11. The van der Waals surface area contributed by atoms with Crippen LogP contribution in [0.15, 0.2) is 69.8 Å². The van der Waals surface area contributed by atoms with Crippen LogP contribution in [0.2, 0.25) is 0 Å². The van der Waals surface area contributed by atoms with Crippen molar-refractivity contribution in [3.05, 3.63) is 86.8 Å². The van der Waals surface area contributed by atoms with Crippen LogP contribution in [-0.4, -0.2) is 15.9 Å². The molecular formula is C21H16BrN3O2S2. The van der Waals surface area contributed by atoms with Crippen molar-refractivity contribution in [1.82, 2.24) is 9.97 Å². The number of nitrogens with one attached hydrogen (secondary N) is 1. The molecule has 2 aromatic carbocycles. The number of rotatable bonds is 7. The number of carbonyl (C=O) groups is 1. The summed E-state index contributed by atoms with van der Waals surface area (Å²) in [6.07, 6.45) is 0. The number of thiazole rings is 2. The van der Waals surface area contributed by atoms with Crippen LogP contribution in [0, 0.1) is 0 Å². The third kappa shape index (κ3) is 5.29. The Kier molecular flexibility index (Phi) is 6.33. The third-order valence-electron chi connectivity index (χ3n) is 3.97. The lowest BCUT2D eigenvalue weighted by Gasteiger charge is -2.02. The fraction of sp³-hybridized carbons (Fsp3) is 0.0952. The Labute approximate surface area is 184 Å². The molecule has 1 N–H and O–H groups in total. The Morgan fingerprint density at radius 2 is 1.90 bits per heavy atom. The summed E-state index contributed by atoms with van der Waals surface area (Å²) in [6, 6.07) is 18.0. The summed E-state index contributed by atoms with van der Waals surface area (Å²) in [6.45, 7) is 0.772. The highest BCUT2D eigenvalue weighted by Crippen LogP contribution is 2.26. The van der Waals surface area contributed by atoms with Crippen molar-refractivity contribution >= 4 is 49.7 Å². The molecule has 0 bridgehead atoms. The van der Waals surface area contributed by atoms with E-state index < -0.39 is 5.97 Å². The van der Waals surface area contributed by atoms with E-state index >= 15 is 0 Å². The molecule has 0 saturated heterocycles. The van der Waals surface area contributed by atoms with Crippen LogP contribution < -0.4 is 5.32 Å². The quantitative estimate of drug-likeness (QED) is 0.325. The number of hydrogen-bond donors (Lipinski definition) is 1. The minimum Gasteiger partial charge on any atom is -0.454 e. The first-order valence-electron chi connectivity index (χ1n) is 8.78. The van der Waals surface area contributed by atoms with E-state index in [1.54, 1.807) is 5.38 Å². The van der Waals surface area contributed by atoms with Crippen LogP contribution in [-0.2, 0) is 17.9 Å². The lowest BCUT2D eigenvalue weighted by molar-refractivity contribution is 0.0462. The molecule has 146 valence electrons. The number of anilines is 1. The van der Waals surface area contributed by atoms with E-state index in [0.29, 0.717) is 17.4 Å². The van der Waals surface area contributed by atoms with Crippen molar-refractivity contribution < 1.29 is 9.53 Å². The number of halogens is 1. The maximum atomic E-state index is 12.3. The predicted octanol–water partition coefficient (Wildman–Crippen LogP) is 6.00. The van der Waals surface area contributed by atoms with E-state index in [1.807, 2.05) is 60.0 Å². The van der Waals surface area contributed by atoms with Crippen LogP contribution in [0.25, 0.3) is 10.6 Å². The molecule has 0 aliphatic carbocycles. The summed E-state index contributed by atoms with van der Waals surface area (Å²) in [4.78, 5) is 21.1. The van der Waals surface area contributed by atoms with Gasteiger partial charge in [0, 0.05) is 27.3 Å². The minimum absolute atomic E-state index is 0.119. The lowest BCUT2D eigenvalue weighted by Crippen LogP contribution is -2.06. The first-order valence-corrected chi connectivity index (χ1v) is 11.3. The van der Waals surface area contributed by atoms with Gasteiger partial charge >= 0.3 is 5.97 Å². The van der Waals surface area contributed by atoms with Gasteiger partial charge in [0.15, 0.2) is 10.8 Å². The van der Waals surface area contributed by atoms with E-state index in [-0.39, 0.29) is 6.61 Å². The monoisotopic (exact) mass is 485 g/mol. The normalized spacial score (nSPS) is 10.7. The molecule has 29 heavy (non-hydrogen) atoms. The van der Waals surface area contributed by atoms with E-state index in [1.165, 1.54) is 22.7 Å². The zero-order chi connectivity index (χ0) is 20.1. The van der Waals surface area contributed by atoms with Gasteiger partial charge in [0.25, 0.3) is 0 Å². The number of ether oxygens (including phenoxy) is 1. The summed E-state index contributed by atoms with van der Waals surface area (Å²) in [7, 11) is 0. The van der Waals surface area contributed by atoms with Crippen molar-refractivity contribution in [3.63, 3.8) is 0 Å². The molecule has 0 aliphatic rings. The smallest absolute Gasteiger partial charge is 0.358 e. The highest BCUT2D eigenvalue weighted by Gasteiger charge is 2.14. The zero-order valence-corrected chi connectivity index (χ0v) is 18.4. The Morgan fingerprint density at radius 3 is 2.72 bits per heavy atom. The van der Waals surface area contributed by atoms with Crippen LogP contribution in [0.5, 0.6) is 0 Å². The molecule has 0 unspecified atom stereocenters. The minimum atomic E-state index is -0.453. The maximum absolute atomic E-state index is 12.3. The number of benzene rings is 2. The molecule has 2 heterocycles. The number of carbonyl (C=O) groups excluding carboxylic acids is 1. The van der Waals surface area contributed by atoms with Gasteiger partial charge in [-0.05, 0) is 17.7 Å². The topological polar surface area (TPSA) is 64.1 Å². The van der Waals surface area contributed by atoms with Crippen LogP contribution in [0.3, 0.4) is 0 Å². The van der Waals surface area contributed by atoms with Crippen LogP contribution in [0.1, 0.15) is 21.7 Å². The zero-order valence-electron chi connectivity index (χ0n) is 15.2. The van der Waals surface area contributed by atoms with Gasteiger partial charge in [0.2, 0.25) is 0 Å². The van der Waals surface area contributed by atoms with Gasteiger partial charge < -0.3 is 10.1 Å².